The van der Waals surface area contributed by atoms with Gasteiger partial charge < -0.3 is 15.0 Å². The zero-order valence-electron chi connectivity index (χ0n) is 14.9. The van der Waals surface area contributed by atoms with Gasteiger partial charge in [0.25, 0.3) is 0 Å². The van der Waals surface area contributed by atoms with Crippen LogP contribution in [0.25, 0.3) is 6.08 Å². The molecule has 0 aromatic heterocycles. The lowest BCUT2D eigenvalue weighted by Crippen LogP contribution is -2.57. The van der Waals surface area contributed by atoms with E-state index in [1.54, 1.807) is 31.2 Å². The van der Waals surface area contributed by atoms with Gasteiger partial charge in [-0.25, -0.2) is 0 Å². The van der Waals surface area contributed by atoms with Crippen LogP contribution in [0.1, 0.15) is 32.3 Å². The first-order valence-electron chi connectivity index (χ1n) is 8.62. The Morgan fingerprint density at radius 3 is 2.85 bits per heavy atom. The molecule has 0 spiro atoms. The zero-order chi connectivity index (χ0) is 19.1. The molecule has 140 valence electrons. The molecule has 6 nitrogen and oxygen atoms in total. The van der Waals surface area contributed by atoms with E-state index < -0.39 is 12.0 Å². The highest BCUT2D eigenvalue weighted by Crippen LogP contribution is 2.17. The Morgan fingerprint density at radius 1 is 1.42 bits per heavy atom. The van der Waals surface area contributed by atoms with Crippen LogP contribution >= 0.6 is 11.6 Å². The van der Waals surface area contributed by atoms with E-state index in [2.05, 4.69) is 5.32 Å². The lowest BCUT2D eigenvalue weighted by molar-refractivity contribution is -0.154. The number of carbonyl (C=O) groups excluding carboxylic acids is 3. The van der Waals surface area contributed by atoms with Gasteiger partial charge in [-0.1, -0.05) is 36.7 Å². The minimum absolute atomic E-state index is 0.165. The Balaban J connectivity index is 2.08. The second-order valence-corrected chi connectivity index (χ2v) is 6.51. The molecule has 0 unspecified atom stereocenters. The van der Waals surface area contributed by atoms with Crippen molar-refractivity contribution in [1.29, 1.82) is 0 Å². The molecule has 1 heterocycles. The number of hydrogen-bond donors (Lipinski definition) is 1. The van der Waals surface area contributed by atoms with Gasteiger partial charge in [-0.05, 0) is 31.1 Å². The van der Waals surface area contributed by atoms with Crippen molar-refractivity contribution >= 4 is 35.5 Å². The minimum Gasteiger partial charge on any atom is -0.463 e. The van der Waals surface area contributed by atoms with Gasteiger partial charge in [-0.3, -0.25) is 14.4 Å². The summed E-state index contributed by atoms with van der Waals surface area (Å²) in [5, 5.41) is 3.22. The SMILES string of the molecule is CC[C@H](C)OC(=O)C[C@H]1C(=O)NCCN1C(=O)/C=C/c1ccccc1Cl. The summed E-state index contributed by atoms with van der Waals surface area (Å²) in [5.41, 5.74) is 0.705. The van der Waals surface area contributed by atoms with Crippen LogP contribution in [0.15, 0.2) is 30.3 Å². The van der Waals surface area contributed by atoms with Crippen molar-refractivity contribution in [2.75, 3.05) is 13.1 Å². The Hall–Kier alpha value is -2.34. The van der Waals surface area contributed by atoms with Crippen LogP contribution < -0.4 is 5.32 Å². The standard InChI is InChI=1S/C19H23ClN2O4/c1-3-13(2)26-18(24)12-16-19(25)21-10-11-22(16)17(23)9-8-14-6-4-5-7-15(14)20/h4-9,13,16H,3,10-12H2,1-2H3,(H,21,25)/b9-8+/t13-,16-/m0/s1. The second kappa shape index (κ2) is 9.38. The summed E-state index contributed by atoms with van der Waals surface area (Å²) >= 11 is 6.07. The van der Waals surface area contributed by atoms with Crippen LogP contribution in [0.5, 0.6) is 0 Å². The lowest BCUT2D eigenvalue weighted by atomic mass is 10.1. The third-order valence-corrected chi connectivity index (χ3v) is 4.54. The molecule has 2 rings (SSSR count). The van der Waals surface area contributed by atoms with Crippen LogP contribution in [0.2, 0.25) is 5.02 Å². The van der Waals surface area contributed by atoms with Gasteiger partial charge in [0.2, 0.25) is 11.8 Å². The van der Waals surface area contributed by atoms with E-state index >= 15 is 0 Å². The molecule has 1 N–H and O–H groups in total. The van der Waals surface area contributed by atoms with Crippen LogP contribution in [0.3, 0.4) is 0 Å². The van der Waals surface area contributed by atoms with E-state index in [-0.39, 0.29) is 24.3 Å². The van der Waals surface area contributed by atoms with E-state index in [9.17, 15) is 14.4 Å². The Labute approximate surface area is 158 Å². The monoisotopic (exact) mass is 378 g/mol. The smallest absolute Gasteiger partial charge is 0.308 e. The summed E-state index contributed by atoms with van der Waals surface area (Å²) < 4.78 is 5.23. The van der Waals surface area contributed by atoms with Crippen molar-refractivity contribution < 1.29 is 19.1 Å². The van der Waals surface area contributed by atoms with Crippen molar-refractivity contribution in [3.05, 3.63) is 40.9 Å². The lowest BCUT2D eigenvalue weighted by Gasteiger charge is -2.34. The Bertz CT molecular complexity index is 705. The van der Waals surface area contributed by atoms with Gasteiger partial charge >= 0.3 is 5.97 Å². The number of carbonyl (C=O) groups is 3. The van der Waals surface area contributed by atoms with Gasteiger partial charge in [0.05, 0.1) is 12.5 Å². The molecule has 0 radical (unpaired) electrons. The molecular weight excluding hydrogens is 356 g/mol. The zero-order valence-corrected chi connectivity index (χ0v) is 15.7. The fraction of sp³-hybridized carbons (Fsp3) is 0.421. The molecule has 0 saturated carbocycles. The van der Waals surface area contributed by atoms with Gasteiger partial charge in [-0.2, -0.15) is 0 Å². The number of benzene rings is 1. The number of nitrogens with zero attached hydrogens (tertiary/aromatic N) is 1. The van der Waals surface area contributed by atoms with E-state index in [0.29, 0.717) is 30.1 Å². The van der Waals surface area contributed by atoms with Crippen molar-refractivity contribution in [2.24, 2.45) is 0 Å². The average molecular weight is 379 g/mol. The van der Waals surface area contributed by atoms with Crippen LogP contribution in [0, 0.1) is 0 Å². The largest absolute Gasteiger partial charge is 0.463 e. The molecule has 2 atom stereocenters. The second-order valence-electron chi connectivity index (χ2n) is 6.11. The van der Waals surface area contributed by atoms with Crippen LogP contribution in [-0.4, -0.2) is 47.9 Å². The summed E-state index contributed by atoms with van der Waals surface area (Å²) in [5.74, 6) is -1.19. The number of piperazine rings is 1. The molecule has 1 aromatic carbocycles. The molecule has 1 aromatic rings. The van der Waals surface area contributed by atoms with Crippen molar-refractivity contribution in [3.63, 3.8) is 0 Å². The maximum Gasteiger partial charge on any atom is 0.308 e. The summed E-state index contributed by atoms with van der Waals surface area (Å²) in [6.45, 7) is 4.37. The first-order chi connectivity index (χ1) is 12.4. The highest BCUT2D eigenvalue weighted by Gasteiger charge is 2.34. The van der Waals surface area contributed by atoms with Gasteiger partial charge in [0, 0.05) is 24.2 Å². The number of esters is 1. The highest BCUT2D eigenvalue weighted by molar-refractivity contribution is 6.32. The van der Waals surface area contributed by atoms with Gasteiger partial charge in [0.1, 0.15) is 6.04 Å². The first kappa shape index (κ1) is 20.0. The number of rotatable bonds is 6. The van der Waals surface area contributed by atoms with E-state index in [0.717, 1.165) is 0 Å². The highest BCUT2D eigenvalue weighted by atomic mass is 35.5. The van der Waals surface area contributed by atoms with Crippen LogP contribution in [-0.2, 0) is 19.1 Å². The molecule has 7 heteroatoms. The van der Waals surface area contributed by atoms with E-state index in [4.69, 9.17) is 16.3 Å². The molecule has 1 saturated heterocycles. The number of ether oxygens (including phenoxy) is 1. The maximum atomic E-state index is 12.6. The predicted octanol–water partition coefficient (Wildman–Crippen LogP) is 2.41. The molecule has 1 aliphatic heterocycles. The molecule has 26 heavy (non-hydrogen) atoms. The third-order valence-electron chi connectivity index (χ3n) is 4.19. The normalized spacial score (nSPS) is 18.5. The van der Waals surface area contributed by atoms with Gasteiger partial charge in [-0.15, -0.1) is 0 Å². The molecule has 0 bridgehead atoms. The van der Waals surface area contributed by atoms with E-state index in [1.165, 1.54) is 11.0 Å². The van der Waals surface area contributed by atoms with Crippen LogP contribution in [0.4, 0.5) is 0 Å². The molecule has 1 fully saturated rings. The van der Waals surface area contributed by atoms with Crippen molar-refractivity contribution in [3.8, 4) is 0 Å². The fourth-order valence-electron chi connectivity index (χ4n) is 2.56. The summed E-state index contributed by atoms with van der Waals surface area (Å²) in [6.07, 6.45) is 3.27. The Kier molecular flexibility index (Phi) is 7.21. The van der Waals surface area contributed by atoms with Gasteiger partial charge in [0.15, 0.2) is 0 Å². The molecule has 2 amide bonds. The first-order valence-corrected chi connectivity index (χ1v) is 9.00. The third kappa shape index (κ3) is 5.33. The summed E-state index contributed by atoms with van der Waals surface area (Å²) in [6, 6.07) is 6.26. The fourth-order valence-corrected chi connectivity index (χ4v) is 2.76. The molecule has 1 aliphatic rings. The predicted molar refractivity (Wildman–Crippen MR) is 99.5 cm³/mol. The number of amides is 2. The maximum absolute atomic E-state index is 12.6. The topological polar surface area (TPSA) is 75.7 Å². The molecular formula is C19H23ClN2O4. The number of hydrogen-bond acceptors (Lipinski definition) is 4. The number of halogens is 1. The minimum atomic E-state index is -0.872. The van der Waals surface area contributed by atoms with E-state index in [1.807, 2.05) is 13.0 Å². The Morgan fingerprint density at radius 2 is 2.15 bits per heavy atom. The number of nitrogens with one attached hydrogen (secondary N) is 1. The van der Waals surface area contributed by atoms with Crippen molar-refractivity contribution in [1.82, 2.24) is 10.2 Å². The molecule has 0 aliphatic carbocycles. The van der Waals surface area contributed by atoms with Crippen molar-refractivity contribution in [2.45, 2.75) is 38.8 Å². The summed E-state index contributed by atoms with van der Waals surface area (Å²) in [7, 11) is 0. The quantitative estimate of drug-likeness (QED) is 0.609. The summed E-state index contributed by atoms with van der Waals surface area (Å²) in [4.78, 5) is 38.2. The average Bonchev–Trinajstić information content (AvgIpc) is 2.62.